The van der Waals surface area contributed by atoms with Crippen molar-refractivity contribution in [2.75, 3.05) is 0 Å². The molecule has 0 unspecified atom stereocenters. The van der Waals surface area contributed by atoms with Gasteiger partial charge in [0.05, 0.1) is 22.7 Å². The monoisotopic (exact) mass is 280 g/mol. The number of aryl methyl sites for hydroxylation is 2. The van der Waals surface area contributed by atoms with E-state index in [9.17, 15) is 4.39 Å². The molecule has 102 valence electrons. The topological polar surface area (TPSA) is 17.8 Å². The summed E-state index contributed by atoms with van der Waals surface area (Å²) >= 11 is 6.04. The molecule has 2 nitrogen and oxygen atoms in total. The second-order valence-corrected chi connectivity index (χ2v) is 6.27. The van der Waals surface area contributed by atoms with Gasteiger partial charge in [0, 0.05) is 12.6 Å². The smallest absolute Gasteiger partial charge is 0.145 e. The molecule has 0 fully saturated rings. The number of hydrogen-bond acceptors (Lipinski definition) is 1. The number of benzene rings is 1. The molecule has 0 saturated heterocycles. The van der Waals surface area contributed by atoms with Crippen molar-refractivity contribution in [3.05, 3.63) is 40.6 Å². The molecule has 0 spiro atoms. The van der Waals surface area contributed by atoms with E-state index in [1.807, 2.05) is 45.4 Å². The van der Waals surface area contributed by atoms with Crippen LogP contribution >= 0.6 is 11.6 Å². The highest BCUT2D eigenvalue weighted by atomic mass is 35.5. The Balaban J connectivity index is 2.71. The zero-order chi connectivity index (χ0) is 14.4. The van der Waals surface area contributed by atoms with Gasteiger partial charge in [-0.3, -0.25) is 0 Å². The molecule has 0 N–H and O–H groups in total. The maximum atomic E-state index is 14.2. The molecule has 1 heterocycles. The molecule has 1 aromatic heterocycles. The predicted molar refractivity (Wildman–Crippen MR) is 77.0 cm³/mol. The van der Waals surface area contributed by atoms with Crippen LogP contribution in [0.2, 0.25) is 5.02 Å². The Bertz CT molecular complexity index is 604. The van der Waals surface area contributed by atoms with Crippen LogP contribution in [0.5, 0.6) is 0 Å². The SMILES string of the molecule is Cc1ncn(C)c1-c1cc(Cl)c(F)c(C(C)(C)C)c1. The molecule has 0 aliphatic carbocycles. The average Bonchev–Trinajstić information content (AvgIpc) is 2.61. The molecule has 0 radical (unpaired) electrons. The quantitative estimate of drug-likeness (QED) is 0.753. The number of imidazole rings is 1. The van der Waals surface area contributed by atoms with Crippen LogP contribution in [-0.4, -0.2) is 9.55 Å². The van der Waals surface area contributed by atoms with Gasteiger partial charge in [-0.15, -0.1) is 0 Å². The van der Waals surface area contributed by atoms with E-state index in [0.717, 1.165) is 17.0 Å². The van der Waals surface area contributed by atoms with Crippen LogP contribution in [0.1, 0.15) is 32.0 Å². The lowest BCUT2D eigenvalue weighted by atomic mass is 9.85. The first-order valence-electron chi connectivity index (χ1n) is 6.19. The Morgan fingerprint density at radius 3 is 2.37 bits per heavy atom. The molecule has 1 aromatic carbocycles. The number of halogens is 2. The molecular formula is C15H18ClFN2. The van der Waals surface area contributed by atoms with Gasteiger partial charge in [-0.25, -0.2) is 9.37 Å². The Morgan fingerprint density at radius 2 is 1.89 bits per heavy atom. The van der Waals surface area contributed by atoms with E-state index < -0.39 is 0 Å². The van der Waals surface area contributed by atoms with Gasteiger partial charge in [0.2, 0.25) is 0 Å². The molecule has 2 rings (SSSR count). The maximum absolute atomic E-state index is 14.2. The van der Waals surface area contributed by atoms with Gasteiger partial charge in [-0.1, -0.05) is 32.4 Å². The van der Waals surface area contributed by atoms with Crippen molar-refractivity contribution in [2.24, 2.45) is 7.05 Å². The standard InChI is InChI=1S/C15H18ClFN2/c1-9-14(19(5)8-18-9)10-6-11(15(2,3)4)13(17)12(16)7-10/h6-8H,1-5H3. The minimum Gasteiger partial charge on any atom is -0.334 e. The Hall–Kier alpha value is -1.35. The molecular weight excluding hydrogens is 263 g/mol. The van der Waals surface area contributed by atoms with E-state index >= 15 is 0 Å². The normalized spacial score (nSPS) is 11.9. The maximum Gasteiger partial charge on any atom is 0.145 e. The second kappa shape index (κ2) is 4.64. The van der Waals surface area contributed by atoms with Gasteiger partial charge in [0.15, 0.2) is 0 Å². The van der Waals surface area contributed by atoms with Gasteiger partial charge in [0.25, 0.3) is 0 Å². The summed E-state index contributed by atoms with van der Waals surface area (Å²) in [5.74, 6) is -0.335. The largest absolute Gasteiger partial charge is 0.334 e. The fourth-order valence-electron chi connectivity index (χ4n) is 2.23. The average molecular weight is 281 g/mol. The zero-order valence-corrected chi connectivity index (χ0v) is 12.6. The van der Waals surface area contributed by atoms with Crippen LogP contribution in [0.4, 0.5) is 4.39 Å². The first-order chi connectivity index (χ1) is 8.71. The van der Waals surface area contributed by atoms with Crippen molar-refractivity contribution in [3.8, 4) is 11.3 Å². The highest BCUT2D eigenvalue weighted by Gasteiger charge is 2.22. The van der Waals surface area contributed by atoms with E-state index in [2.05, 4.69) is 4.98 Å². The van der Waals surface area contributed by atoms with Gasteiger partial charge in [-0.05, 0) is 30.0 Å². The molecule has 2 aromatic rings. The molecule has 19 heavy (non-hydrogen) atoms. The minimum absolute atomic E-state index is 0.156. The summed E-state index contributed by atoms with van der Waals surface area (Å²) in [6.45, 7) is 7.86. The number of hydrogen-bond donors (Lipinski definition) is 0. The number of nitrogens with zero attached hydrogens (tertiary/aromatic N) is 2. The van der Waals surface area contributed by atoms with Crippen molar-refractivity contribution >= 4 is 11.6 Å². The predicted octanol–water partition coefficient (Wildman–Crippen LogP) is 4.49. The summed E-state index contributed by atoms with van der Waals surface area (Å²) in [6.07, 6.45) is 1.75. The summed E-state index contributed by atoms with van der Waals surface area (Å²) in [5, 5.41) is 0.156. The third kappa shape index (κ3) is 2.52. The van der Waals surface area contributed by atoms with Gasteiger partial charge in [-0.2, -0.15) is 0 Å². The Kier molecular flexibility index (Phi) is 3.43. The molecule has 0 bridgehead atoms. The molecule has 0 amide bonds. The molecule has 0 saturated carbocycles. The lowest BCUT2D eigenvalue weighted by molar-refractivity contribution is 0.523. The fraction of sp³-hybridized carbons (Fsp3) is 0.400. The summed E-state index contributed by atoms with van der Waals surface area (Å²) in [7, 11) is 1.92. The third-order valence-corrected chi connectivity index (χ3v) is 3.50. The number of rotatable bonds is 1. The van der Waals surface area contributed by atoms with E-state index in [1.54, 1.807) is 12.4 Å². The van der Waals surface area contributed by atoms with E-state index in [4.69, 9.17) is 11.6 Å². The summed E-state index contributed by atoms with van der Waals surface area (Å²) in [5.41, 5.74) is 3.10. The van der Waals surface area contributed by atoms with Crippen molar-refractivity contribution in [2.45, 2.75) is 33.1 Å². The zero-order valence-electron chi connectivity index (χ0n) is 11.9. The fourth-order valence-corrected chi connectivity index (χ4v) is 2.45. The van der Waals surface area contributed by atoms with Crippen molar-refractivity contribution in [1.82, 2.24) is 9.55 Å². The van der Waals surface area contributed by atoms with Crippen LogP contribution in [0.3, 0.4) is 0 Å². The highest BCUT2D eigenvalue weighted by Crippen LogP contribution is 2.34. The van der Waals surface area contributed by atoms with E-state index in [-0.39, 0.29) is 16.3 Å². The van der Waals surface area contributed by atoms with E-state index in [1.165, 1.54) is 0 Å². The van der Waals surface area contributed by atoms with Crippen molar-refractivity contribution in [1.29, 1.82) is 0 Å². The van der Waals surface area contributed by atoms with Crippen LogP contribution in [0, 0.1) is 12.7 Å². The lowest BCUT2D eigenvalue weighted by Gasteiger charge is -2.21. The van der Waals surface area contributed by atoms with Crippen molar-refractivity contribution < 1.29 is 4.39 Å². The first-order valence-corrected chi connectivity index (χ1v) is 6.57. The third-order valence-electron chi connectivity index (χ3n) is 3.23. The van der Waals surface area contributed by atoms with Crippen LogP contribution in [0.25, 0.3) is 11.3 Å². The van der Waals surface area contributed by atoms with E-state index in [0.29, 0.717) is 5.56 Å². The number of aromatic nitrogens is 2. The van der Waals surface area contributed by atoms with Crippen LogP contribution < -0.4 is 0 Å². The summed E-state index contributed by atoms with van der Waals surface area (Å²) in [6, 6.07) is 3.53. The minimum atomic E-state index is -0.335. The Labute approximate surface area is 118 Å². The first kappa shape index (κ1) is 14.1. The van der Waals surface area contributed by atoms with Crippen molar-refractivity contribution in [3.63, 3.8) is 0 Å². The molecule has 4 heteroatoms. The lowest BCUT2D eigenvalue weighted by Crippen LogP contribution is -2.14. The molecule has 0 aliphatic rings. The van der Waals surface area contributed by atoms with Gasteiger partial charge < -0.3 is 4.57 Å². The molecule has 0 aliphatic heterocycles. The van der Waals surface area contributed by atoms with Crippen LogP contribution in [-0.2, 0) is 12.5 Å². The highest BCUT2D eigenvalue weighted by molar-refractivity contribution is 6.31. The summed E-state index contributed by atoms with van der Waals surface area (Å²) in [4.78, 5) is 4.26. The molecule has 0 atom stereocenters. The second-order valence-electron chi connectivity index (χ2n) is 5.86. The van der Waals surface area contributed by atoms with Gasteiger partial charge in [0.1, 0.15) is 5.82 Å². The Morgan fingerprint density at radius 1 is 1.26 bits per heavy atom. The van der Waals surface area contributed by atoms with Crippen LogP contribution in [0.15, 0.2) is 18.5 Å². The summed E-state index contributed by atoms with van der Waals surface area (Å²) < 4.78 is 16.1. The van der Waals surface area contributed by atoms with Gasteiger partial charge >= 0.3 is 0 Å².